The van der Waals surface area contributed by atoms with Crippen LogP contribution in [0.4, 0.5) is 0 Å². The van der Waals surface area contributed by atoms with Crippen LogP contribution in [0.3, 0.4) is 0 Å². The lowest BCUT2D eigenvalue weighted by Crippen LogP contribution is -2.16. The van der Waals surface area contributed by atoms with Gasteiger partial charge in [-0.15, -0.1) is 0 Å². The van der Waals surface area contributed by atoms with Crippen LogP contribution in [0.15, 0.2) is 12.3 Å². The van der Waals surface area contributed by atoms with E-state index < -0.39 is 5.91 Å². The molecule has 0 aliphatic rings. The van der Waals surface area contributed by atoms with Gasteiger partial charge in [0.1, 0.15) is 12.4 Å². The van der Waals surface area contributed by atoms with Crippen molar-refractivity contribution in [3.8, 4) is 0 Å². The second-order valence-electron chi connectivity index (χ2n) is 3.06. The fraction of sp³-hybridized carbons (Fsp3) is 0.583. The van der Waals surface area contributed by atoms with Gasteiger partial charge in [0.2, 0.25) is 0 Å². The van der Waals surface area contributed by atoms with Crippen LogP contribution in [0.5, 0.6) is 0 Å². The second kappa shape index (κ2) is 11.2. The van der Waals surface area contributed by atoms with Crippen molar-refractivity contribution in [3.63, 3.8) is 0 Å². The zero-order valence-corrected chi connectivity index (χ0v) is 11.6. The quantitative estimate of drug-likeness (QED) is 0.881. The van der Waals surface area contributed by atoms with Crippen LogP contribution in [0.25, 0.3) is 0 Å². The van der Waals surface area contributed by atoms with Gasteiger partial charge >= 0.3 is 0 Å². The fourth-order valence-electron chi connectivity index (χ4n) is 1.11. The lowest BCUT2D eigenvalue weighted by atomic mass is 10.3. The van der Waals surface area contributed by atoms with Gasteiger partial charge in [-0.3, -0.25) is 4.79 Å². The molecule has 1 heterocycles. The normalized spacial score (nSPS) is 8.59. The lowest BCUT2D eigenvalue weighted by Gasteiger charge is -2.03. The zero-order valence-electron chi connectivity index (χ0n) is 11.6. The average molecular weight is 244 g/mol. The van der Waals surface area contributed by atoms with Gasteiger partial charge in [-0.05, 0) is 18.6 Å². The Morgan fingerprint density at radius 2 is 1.82 bits per heavy atom. The Morgan fingerprint density at radius 1 is 1.35 bits per heavy atom. The average Bonchev–Trinajstić information content (AvgIpc) is 2.64. The van der Waals surface area contributed by atoms with E-state index in [9.17, 15) is 4.79 Å². The molecule has 17 heavy (non-hydrogen) atoms. The molecule has 5 nitrogen and oxygen atoms in total. The van der Waals surface area contributed by atoms with Gasteiger partial charge in [0.15, 0.2) is 0 Å². The highest BCUT2D eigenvalue weighted by Gasteiger charge is 2.07. The maximum atomic E-state index is 10.9. The van der Waals surface area contributed by atoms with E-state index in [-0.39, 0.29) is 0 Å². The summed E-state index contributed by atoms with van der Waals surface area (Å²) in [5, 5.41) is 0. The predicted octanol–water partition coefficient (Wildman–Crippen LogP) is 1.79. The number of hydrogen-bond donors (Lipinski definition) is 1. The van der Waals surface area contributed by atoms with E-state index in [1.54, 1.807) is 32.0 Å². The SMILES string of the molecule is CC.COC.COCn1cc(C)cc1C(N)=O. The van der Waals surface area contributed by atoms with Crippen LogP contribution in [0, 0.1) is 6.92 Å². The largest absolute Gasteiger partial charge is 0.388 e. The van der Waals surface area contributed by atoms with E-state index in [0.717, 1.165) is 5.56 Å². The number of aromatic nitrogens is 1. The van der Waals surface area contributed by atoms with Crippen LogP contribution in [-0.2, 0) is 16.2 Å². The van der Waals surface area contributed by atoms with Crippen molar-refractivity contribution in [3.05, 3.63) is 23.5 Å². The van der Waals surface area contributed by atoms with Crippen molar-refractivity contribution in [2.45, 2.75) is 27.5 Å². The molecule has 2 N–H and O–H groups in total. The molecule has 0 saturated heterocycles. The Morgan fingerprint density at radius 3 is 2.18 bits per heavy atom. The van der Waals surface area contributed by atoms with Crippen molar-refractivity contribution in [2.75, 3.05) is 21.3 Å². The maximum absolute atomic E-state index is 10.9. The highest BCUT2D eigenvalue weighted by molar-refractivity contribution is 5.91. The summed E-state index contributed by atoms with van der Waals surface area (Å²) in [7, 11) is 4.82. The van der Waals surface area contributed by atoms with Gasteiger partial charge in [-0.25, -0.2) is 0 Å². The van der Waals surface area contributed by atoms with E-state index in [1.165, 1.54) is 0 Å². The second-order valence-corrected chi connectivity index (χ2v) is 3.06. The molecule has 5 heteroatoms. The van der Waals surface area contributed by atoms with Crippen molar-refractivity contribution in [1.82, 2.24) is 4.57 Å². The van der Waals surface area contributed by atoms with Crippen LogP contribution in [0.2, 0.25) is 0 Å². The molecule has 1 rings (SSSR count). The van der Waals surface area contributed by atoms with Crippen molar-refractivity contribution in [1.29, 1.82) is 0 Å². The fourth-order valence-corrected chi connectivity index (χ4v) is 1.11. The summed E-state index contributed by atoms with van der Waals surface area (Å²) < 4.78 is 10.8. The Hall–Kier alpha value is -1.33. The highest BCUT2D eigenvalue weighted by Crippen LogP contribution is 2.06. The number of hydrogen-bond acceptors (Lipinski definition) is 3. The standard InChI is InChI=1S/C8H12N2O2.C2H6O.C2H6/c1-6-3-7(8(9)11)10(4-6)5-12-2;1-3-2;1-2/h3-4H,5H2,1-2H3,(H2,9,11);1-2H3;1-2H3. The molecule has 0 saturated carbocycles. The summed E-state index contributed by atoms with van der Waals surface area (Å²) in [4.78, 5) is 10.9. The van der Waals surface area contributed by atoms with E-state index in [1.807, 2.05) is 27.0 Å². The van der Waals surface area contributed by atoms with Crippen molar-refractivity contribution < 1.29 is 14.3 Å². The highest BCUT2D eigenvalue weighted by atomic mass is 16.5. The molecule has 1 amide bonds. The molecule has 100 valence electrons. The van der Waals surface area contributed by atoms with Gasteiger partial charge in [0.05, 0.1) is 0 Å². The number of nitrogens with two attached hydrogens (primary N) is 1. The number of nitrogens with zero attached hydrogens (tertiary/aromatic N) is 1. The van der Waals surface area contributed by atoms with Crippen LogP contribution >= 0.6 is 0 Å². The summed E-state index contributed by atoms with van der Waals surface area (Å²) in [6.45, 7) is 6.25. The van der Waals surface area contributed by atoms with Gasteiger partial charge in [0, 0.05) is 27.5 Å². The van der Waals surface area contributed by atoms with E-state index in [4.69, 9.17) is 10.5 Å². The molecule has 0 atom stereocenters. The van der Waals surface area contributed by atoms with E-state index in [0.29, 0.717) is 12.4 Å². The van der Waals surface area contributed by atoms with Crippen molar-refractivity contribution in [2.24, 2.45) is 5.73 Å². The molecular weight excluding hydrogens is 220 g/mol. The number of ether oxygens (including phenoxy) is 2. The summed E-state index contributed by atoms with van der Waals surface area (Å²) >= 11 is 0. The predicted molar refractivity (Wildman–Crippen MR) is 69.0 cm³/mol. The van der Waals surface area contributed by atoms with Crippen LogP contribution in [-0.4, -0.2) is 31.8 Å². The smallest absolute Gasteiger partial charge is 0.265 e. The number of aryl methyl sites for hydroxylation is 1. The summed E-state index contributed by atoms with van der Waals surface area (Å²) in [5.74, 6) is -0.430. The van der Waals surface area contributed by atoms with Crippen LogP contribution in [0.1, 0.15) is 29.9 Å². The third kappa shape index (κ3) is 7.54. The minimum Gasteiger partial charge on any atom is -0.388 e. The first-order valence-electron chi connectivity index (χ1n) is 5.42. The summed E-state index contributed by atoms with van der Waals surface area (Å²) in [6.07, 6.45) is 1.82. The first-order valence-corrected chi connectivity index (χ1v) is 5.42. The number of carbonyl (C=O) groups is 1. The number of amides is 1. The Bertz CT molecular complexity index is 309. The molecule has 0 spiro atoms. The van der Waals surface area contributed by atoms with E-state index >= 15 is 0 Å². The Kier molecular flexibility index (Phi) is 11.9. The molecule has 0 fully saturated rings. The van der Waals surface area contributed by atoms with E-state index in [2.05, 4.69) is 4.74 Å². The first-order chi connectivity index (χ1) is 8.06. The third-order valence-electron chi connectivity index (χ3n) is 1.55. The summed E-state index contributed by atoms with van der Waals surface area (Å²) in [5.41, 5.74) is 6.62. The number of primary amides is 1. The van der Waals surface area contributed by atoms with Crippen molar-refractivity contribution >= 4 is 5.91 Å². The topological polar surface area (TPSA) is 66.5 Å². The Balaban J connectivity index is 0. The summed E-state index contributed by atoms with van der Waals surface area (Å²) in [6, 6.07) is 1.74. The number of methoxy groups -OCH3 is 2. The van der Waals surface area contributed by atoms with Crippen LogP contribution < -0.4 is 5.73 Å². The lowest BCUT2D eigenvalue weighted by molar-refractivity contribution is 0.0957. The molecule has 0 aromatic carbocycles. The maximum Gasteiger partial charge on any atom is 0.265 e. The van der Waals surface area contributed by atoms with Gasteiger partial charge in [-0.2, -0.15) is 0 Å². The first kappa shape index (κ1) is 18.0. The molecular formula is C12H24N2O3. The van der Waals surface area contributed by atoms with Gasteiger partial charge in [-0.1, -0.05) is 13.8 Å². The molecule has 0 bridgehead atoms. The minimum atomic E-state index is -0.430. The molecule has 0 radical (unpaired) electrons. The van der Waals surface area contributed by atoms with Gasteiger partial charge in [0.25, 0.3) is 5.91 Å². The minimum absolute atomic E-state index is 0.353. The monoisotopic (exact) mass is 244 g/mol. The molecule has 1 aromatic heterocycles. The Labute approximate surface area is 104 Å². The number of carbonyl (C=O) groups excluding carboxylic acids is 1. The van der Waals surface area contributed by atoms with Gasteiger partial charge < -0.3 is 19.8 Å². The molecule has 0 unspecified atom stereocenters. The molecule has 0 aliphatic carbocycles. The molecule has 0 aliphatic heterocycles. The molecule has 1 aromatic rings. The third-order valence-corrected chi connectivity index (χ3v) is 1.55. The number of rotatable bonds is 3. The zero-order chi connectivity index (χ0) is 13.8.